The van der Waals surface area contributed by atoms with E-state index in [-0.39, 0.29) is 0 Å². The van der Waals surface area contributed by atoms with Gasteiger partial charge in [0.05, 0.1) is 0 Å². The van der Waals surface area contributed by atoms with Crippen molar-refractivity contribution in [1.29, 1.82) is 0 Å². The second-order valence-electron chi connectivity index (χ2n) is 3.63. The summed E-state index contributed by atoms with van der Waals surface area (Å²) in [6.45, 7) is 14.0. The van der Waals surface area contributed by atoms with Crippen molar-refractivity contribution >= 4 is 17.2 Å². The third-order valence-electron chi connectivity index (χ3n) is 2.89. The monoisotopic (exact) mass is 194 g/mol. The molecule has 0 heterocycles. The van der Waals surface area contributed by atoms with Gasteiger partial charge in [0, 0.05) is 0 Å². The van der Waals surface area contributed by atoms with Gasteiger partial charge in [-0.2, -0.15) is 0 Å². The van der Waals surface area contributed by atoms with Crippen molar-refractivity contribution in [2.24, 2.45) is 0 Å². The Bertz CT molecular complexity index is 499. The van der Waals surface area contributed by atoms with Crippen molar-refractivity contribution in [2.75, 3.05) is 0 Å². The molecule has 0 amide bonds. The molecule has 0 N–H and O–H groups in total. The molecule has 0 heteroatoms. The van der Waals surface area contributed by atoms with E-state index in [1.54, 1.807) is 0 Å². The zero-order valence-electron chi connectivity index (χ0n) is 9.01. The molecule has 0 saturated heterocycles. The van der Waals surface area contributed by atoms with Gasteiger partial charge in [-0.1, -0.05) is 50.1 Å². The van der Waals surface area contributed by atoms with Gasteiger partial charge in [-0.3, -0.25) is 0 Å². The van der Waals surface area contributed by atoms with E-state index in [4.69, 9.17) is 0 Å². The van der Waals surface area contributed by atoms with Crippen LogP contribution in [0.1, 0.15) is 23.6 Å². The minimum Gasteiger partial charge on any atom is -0.0984 e. The number of rotatable bonds is 1. The first-order valence-corrected chi connectivity index (χ1v) is 5.01. The minimum atomic E-state index is 1.03. The van der Waals surface area contributed by atoms with E-state index >= 15 is 0 Å². The lowest BCUT2D eigenvalue weighted by molar-refractivity contribution is 1.56. The Morgan fingerprint density at radius 3 is 2.47 bits per heavy atom. The van der Waals surface area contributed by atoms with Crippen LogP contribution in [0.2, 0.25) is 0 Å². The van der Waals surface area contributed by atoms with E-state index in [1.807, 2.05) is 19.1 Å². The van der Waals surface area contributed by atoms with E-state index < -0.39 is 0 Å². The van der Waals surface area contributed by atoms with Crippen LogP contribution in [0.15, 0.2) is 49.6 Å². The average molecular weight is 194 g/mol. The molecule has 74 valence electrons. The summed E-state index contributed by atoms with van der Waals surface area (Å²) in [5.41, 5.74) is 6.81. The molecular weight excluding hydrogens is 180 g/mol. The second-order valence-corrected chi connectivity index (χ2v) is 3.63. The Morgan fingerprint density at radius 1 is 1.13 bits per heavy atom. The van der Waals surface area contributed by atoms with Gasteiger partial charge in [0.25, 0.3) is 0 Å². The van der Waals surface area contributed by atoms with Crippen LogP contribution in [0.3, 0.4) is 0 Å². The van der Waals surface area contributed by atoms with E-state index in [1.165, 1.54) is 16.7 Å². The first-order valence-electron chi connectivity index (χ1n) is 5.01. The third-order valence-corrected chi connectivity index (χ3v) is 2.89. The quantitative estimate of drug-likeness (QED) is 0.624. The molecule has 0 atom stereocenters. The van der Waals surface area contributed by atoms with Crippen LogP contribution in [-0.4, -0.2) is 0 Å². The second kappa shape index (κ2) is 3.39. The van der Waals surface area contributed by atoms with E-state index in [0.29, 0.717) is 0 Å². The standard InChI is InChI=1S/C15H14/c1-5-12-8-7-9-14-11(4)10(3)13(6-2)15(12)14/h5-9H,1,3-4H2,2H3/b13-6-. The van der Waals surface area contributed by atoms with Crippen molar-refractivity contribution in [3.05, 3.63) is 66.3 Å². The van der Waals surface area contributed by atoms with E-state index in [2.05, 4.69) is 37.9 Å². The first kappa shape index (κ1) is 9.72. The van der Waals surface area contributed by atoms with E-state index in [0.717, 1.165) is 16.7 Å². The molecule has 1 aromatic rings. The first-order chi connectivity index (χ1) is 7.20. The number of hydrogen-bond donors (Lipinski definition) is 0. The molecular formula is C15H14. The van der Waals surface area contributed by atoms with Crippen LogP contribution >= 0.6 is 0 Å². The van der Waals surface area contributed by atoms with Crippen LogP contribution in [0.4, 0.5) is 0 Å². The van der Waals surface area contributed by atoms with Crippen molar-refractivity contribution < 1.29 is 0 Å². The number of benzene rings is 1. The van der Waals surface area contributed by atoms with Gasteiger partial charge < -0.3 is 0 Å². The lowest BCUT2D eigenvalue weighted by Crippen LogP contribution is -1.85. The predicted octanol–water partition coefficient (Wildman–Crippen LogP) is 4.32. The van der Waals surface area contributed by atoms with Crippen LogP contribution in [0.25, 0.3) is 17.2 Å². The number of fused-ring (bicyclic) bond motifs is 1. The van der Waals surface area contributed by atoms with Crippen molar-refractivity contribution in [2.45, 2.75) is 6.92 Å². The fraction of sp³-hybridized carbons (Fsp3) is 0.0667. The molecule has 0 aliphatic heterocycles. The van der Waals surface area contributed by atoms with Gasteiger partial charge in [-0.05, 0) is 40.3 Å². The van der Waals surface area contributed by atoms with Crippen LogP contribution in [0.5, 0.6) is 0 Å². The Kier molecular flexibility index (Phi) is 2.20. The van der Waals surface area contributed by atoms with E-state index in [9.17, 15) is 0 Å². The zero-order chi connectivity index (χ0) is 11.0. The normalized spacial score (nSPS) is 17.0. The highest BCUT2D eigenvalue weighted by molar-refractivity contribution is 6.08. The SMILES string of the molecule is C=Cc1cccc2c1/C(=C\C)C(=C)C2=C. The van der Waals surface area contributed by atoms with Crippen molar-refractivity contribution in [1.82, 2.24) is 0 Å². The third kappa shape index (κ3) is 1.22. The maximum atomic E-state index is 4.08. The summed E-state index contributed by atoms with van der Waals surface area (Å²) >= 11 is 0. The van der Waals surface area contributed by atoms with Gasteiger partial charge in [-0.15, -0.1) is 0 Å². The summed E-state index contributed by atoms with van der Waals surface area (Å²) in [4.78, 5) is 0. The van der Waals surface area contributed by atoms with Gasteiger partial charge in [0.1, 0.15) is 0 Å². The smallest absolute Gasteiger partial charge is 0.00303 e. The molecule has 1 aliphatic rings. The lowest BCUT2D eigenvalue weighted by Gasteiger charge is -2.04. The summed E-state index contributed by atoms with van der Waals surface area (Å²) in [5.74, 6) is 0. The van der Waals surface area contributed by atoms with Crippen LogP contribution in [0, 0.1) is 0 Å². The summed E-state index contributed by atoms with van der Waals surface area (Å²) in [6, 6.07) is 6.19. The van der Waals surface area contributed by atoms with Gasteiger partial charge >= 0.3 is 0 Å². The lowest BCUT2D eigenvalue weighted by atomic mass is 9.99. The Labute approximate surface area is 91.0 Å². The summed E-state index contributed by atoms with van der Waals surface area (Å²) in [7, 11) is 0. The summed E-state index contributed by atoms with van der Waals surface area (Å²) < 4.78 is 0. The van der Waals surface area contributed by atoms with Crippen LogP contribution in [-0.2, 0) is 0 Å². The molecule has 0 fully saturated rings. The molecule has 0 aromatic heterocycles. The number of hydrogen-bond acceptors (Lipinski definition) is 0. The minimum absolute atomic E-state index is 1.03. The maximum Gasteiger partial charge on any atom is -0.00303 e. The molecule has 0 unspecified atom stereocenters. The largest absolute Gasteiger partial charge is 0.0984 e. The average Bonchev–Trinajstić information content (AvgIpc) is 2.52. The number of allylic oxidation sites excluding steroid dienone is 4. The molecule has 1 aromatic carbocycles. The molecule has 0 nitrogen and oxygen atoms in total. The Hall–Kier alpha value is -1.82. The topological polar surface area (TPSA) is 0 Å². The highest BCUT2D eigenvalue weighted by Gasteiger charge is 2.24. The van der Waals surface area contributed by atoms with Crippen LogP contribution < -0.4 is 0 Å². The molecule has 15 heavy (non-hydrogen) atoms. The Balaban J connectivity index is 2.83. The molecule has 0 saturated carbocycles. The molecule has 2 rings (SSSR count). The molecule has 0 bridgehead atoms. The Morgan fingerprint density at radius 2 is 1.87 bits per heavy atom. The van der Waals surface area contributed by atoms with Gasteiger partial charge in [-0.25, -0.2) is 0 Å². The molecule has 0 spiro atoms. The highest BCUT2D eigenvalue weighted by Crippen LogP contribution is 2.44. The molecule has 1 aliphatic carbocycles. The van der Waals surface area contributed by atoms with Crippen molar-refractivity contribution in [3.63, 3.8) is 0 Å². The highest BCUT2D eigenvalue weighted by atomic mass is 14.3. The summed E-state index contributed by atoms with van der Waals surface area (Å²) in [5, 5.41) is 0. The predicted molar refractivity (Wildman–Crippen MR) is 68.4 cm³/mol. The fourth-order valence-electron chi connectivity index (χ4n) is 2.09. The zero-order valence-corrected chi connectivity index (χ0v) is 9.01. The fourth-order valence-corrected chi connectivity index (χ4v) is 2.09. The van der Waals surface area contributed by atoms with Crippen molar-refractivity contribution in [3.8, 4) is 0 Å². The maximum absolute atomic E-state index is 4.08. The molecule has 0 radical (unpaired) electrons. The van der Waals surface area contributed by atoms with Gasteiger partial charge in [0.15, 0.2) is 0 Å². The summed E-state index contributed by atoms with van der Waals surface area (Å²) in [6.07, 6.45) is 3.97. The van der Waals surface area contributed by atoms with Gasteiger partial charge in [0.2, 0.25) is 0 Å².